The summed E-state index contributed by atoms with van der Waals surface area (Å²) in [5.74, 6) is 1.72. The van der Waals surface area contributed by atoms with Gasteiger partial charge in [-0.1, -0.05) is 11.6 Å². The molecule has 2 aromatic rings. The van der Waals surface area contributed by atoms with Crippen molar-refractivity contribution in [2.24, 2.45) is 0 Å². The van der Waals surface area contributed by atoms with E-state index in [-0.39, 0.29) is 18.8 Å². The zero-order valence-electron chi connectivity index (χ0n) is 13.8. The summed E-state index contributed by atoms with van der Waals surface area (Å²) in [6.07, 6.45) is 7.01. The van der Waals surface area contributed by atoms with E-state index in [1.54, 1.807) is 0 Å². The van der Waals surface area contributed by atoms with Crippen molar-refractivity contribution >= 4 is 0 Å². The summed E-state index contributed by atoms with van der Waals surface area (Å²) in [6.45, 7) is 2.27. The largest absolute Gasteiger partial charge is 0.454 e. The minimum absolute atomic E-state index is 0.0115. The Kier molecular flexibility index (Phi) is 2.74. The van der Waals surface area contributed by atoms with Crippen LogP contribution in [0.15, 0.2) is 48.3 Å². The first-order valence-electron chi connectivity index (χ1n) is 8.97. The average Bonchev–Trinajstić information content (AvgIpc) is 3.35. The van der Waals surface area contributed by atoms with E-state index in [0.717, 1.165) is 31.0 Å². The summed E-state index contributed by atoms with van der Waals surface area (Å²) < 4.78 is 13.3. The second-order valence-corrected chi connectivity index (χ2v) is 7.45. The van der Waals surface area contributed by atoms with Crippen LogP contribution in [0.2, 0.25) is 0 Å². The van der Waals surface area contributed by atoms with E-state index in [1.165, 1.54) is 16.7 Å². The van der Waals surface area contributed by atoms with Crippen LogP contribution < -0.4 is 9.47 Å². The zero-order valence-corrected chi connectivity index (χ0v) is 13.8. The van der Waals surface area contributed by atoms with E-state index in [0.29, 0.717) is 6.04 Å². The van der Waals surface area contributed by atoms with E-state index in [1.807, 2.05) is 24.5 Å². The molecule has 0 spiro atoms. The fourth-order valence-electron chi connectivity index (χ4n) is 5.16. The van der Waals surface area contributed by atoms with Gasteiger partial charge in [0.15, 0.2) is 11.5 Å². The van der Waals surface area contributed by atoms with Gasteiger partial charge in [-0.05, 0) is 41.8 Å². The molecule has 1 aromatic heterocycles. The number of aliphatic hydroxyl groups excluding tert-OH is 1. The minimum Gasteiger partial charge on any atom is -0.454 e. The summed E-state index contributed by atoms with van der Waals surface area (Å²) in [4.78, 5) is 2.51. The van der Waals surface area contributed by atoms with Crippen LogP contribution in [0, 0.1) is 0 Å². The number of hydrogen-bond donors (Lipinski definition) is 1. The van der Waals surface area contributed by atoms with Crippen molar-refractivity contribution in [1.82, 2.24) is 9.47 Å². The molecule has 3 aliphatic heterocycles. The Hall–Kier alpha value is -2.24. The number of hydrogen-bond acceptors (Lipinski definition) is 4. The molecule has 0 unspecified atom stereocenters. The molecule has 6 rings (SSSR count). The maximum absolute atomic E-state index is 11.3. The molecule has 0 bridgehead atoms. The highest BCUT2D eigenvalue weighted by Crippen LogP contribution is 2.51. The quantitative estimate of drug-likeness (QED) is 0.813. The molecule has 0 radical (unpaired) electrons. The normalized spacial score (nSPS) is 32.3. The van der Waals surface area contributed by atoms with Gasteiger partial charge in [-0.15, -0.1) is 0 Å². The molecular formula is C20H20N2O3. The van der Waals surface area contributed by atoms with Crippen LogP contribution in [0.4, 0.5) is 0 Å². The third kappa shape index (κ3) is 1.85. The molecule has 128 valence electrons. The van der Waals surface area contributed by atoms with Crippen LogP contribution in [0.5, 0.6) is 11.5 Å². The van der Waals surface area contributed by atoms with E-state index in [4.69, 9.17) is 9.47 Å². The third-order valence-electron chi connectivity index (χ3n) is 6.24. The Morgan fingerprint density at radius 1 is 1.08 bits per heavy atom. The first-order valence-corrected chi connectivity index (χ1v) is 8.97. The van der Waals surface area contributed by atoms with Gasteiger partial charge in [-0.2, -0.15) is 0 Å². The smallest absolute Gasteiger partial charge is 0.231 e. The zero-order chi connectivity index (χ0) is 16.5. The van der Waals surface area contributed by atoms with Gasteiger partial charge >= 0.3 is 0 Å². The van der Waals surface area contributed by atoms with Crippen LogP contribution in [0.1, 0.15) is 29.5 Å². The summed E-state index contributed by atoms with van der Waals surface area (Å²) in [6, 6.07) is 8.56. The summed E-state index contributed by atoms with van der Waals surface area (Å²) in [5, 5.41) is 11.3. The molecule has 1 aliphatic carbocycles. The lowest BCUT2D eigenvalue weighted by molar-refractivity contribution is 0.0531. The van der Waals surface area contributed by atoms with Gasteiger partial charge in [-0.3, -0.25) is 4.90 Å². The van der Waals surface area contributed by atoms with Crippen LogP contribution >= 0.6 is 0 Å². The van der Waals surface area contributed by atoms with E-state index >= 15 is 0 Å². The number of nitrogens with zero attached hydrogens (tertiary/aromatic N) is 2. The van der Waals surface area contributed by atoms with Crippen LogP contribution in [0.3, 0.4) is 0 Å². The highest BCUT2D eigenvalue weighted by Gasteiger charge is 2.49. The Morgan fingerprint density at radius 3 is 2.72 bits per heavy atom. The van der Waals surface area contributed by atoms with Gasteiger partial charge in [0.2, 0.25) is 6.79 Å². The van der Waals surface area contributed by atoms with Crippen molar-refractivity contribution in [3.63, 3.8) is 0 Å². The predicted octanol–water partition coefficient (Wildman–Crippen LogP) is 2.43. The monoisotopic (exact) mass is 336 g/mol. The highest BCUT2D eigenvalue weighted by atomic mass is 16.7. The van der Waals surface area contributed by atoms with Crippen molar-refractivity contribution in [3.8, 4) is 11.5 Å². The molecule has 5 nitrogen and oxygen atoms in total. The van der Waals surface area contributed by atoms with Gasteiger partial charge in [0, 0.05) is 37.4 Å². The molecule has 1 N–H and O–H groups in total. The fourth-order valence-corrected chi connectivity index (χ4v) is 5.16. The average molecular weight is 336 g/mol. The van der Waals surface area contributed by atoms with Crippen molar-refractivity contribution in [2.75, 3.05) is 13.3 Å². The van der Waals surface area contributed by atoms with Crippen molar-refractivity contribution in [3.05, 3.63) is 59.4 Å². The SMILES string of the molecule is O[C@H]1[C@H]2c3cc4c(cc3CN3CCC(=C[C@@H]1n1cccc1)[C@H]23)OCO4. The molecule has 25 heavy (non-hydrogen) atoms. The first-order chi connectivity index (χ1) is 12.3. The van der Waals surface area contributed by atoms with Crippen molar-refractivity contribution in [2.45, 2.75) is 37.1 Å². The summed E-state index contributed by atoms with van der Waals surface area (Å²) in [5.41, 5.74) is 3.96. The lowest BCUT2D eigenvalue weighted by Crippen LogP contribution is -2.48. The molecule has 4 heterocycles. The topological polar surface area (TPSA) is 46.9 Å². The molecule has 4 atom stereocenters. The third-order valence-corrected chi connectivity index (χ3v) is 6.24. The number of benzene rings is 1. The molecule has 4 aliphatic rings. The summed E-state index contributed by atoms with van der Waals surface area (Å²) in [7, 11) is 0. The van der Waals surface area contributed by atoms with Crippen molar-refractivity contribution < 1.29 is 14.6 Å². The van der Waals surface area contributed by atoms with Crippen LogP contribution in [-0.2, 0) is 6.54 Å². The van der Waals surface area contributed by atoms with E-state index in [2.05, 4.69) is 27.7 Å². The number of ether oxygens (including phenoxy) is 2. The van der Waals surface area contributed by atoms with Gasteiger partial charge < -0.3 is 19.1 Å². The summed E-state index contributed by atoms with van der Waals surface area (Å²) >= 11 is 0. The van der Waals surface area contributed by atoms with Gasteiger partial charge in [0.1, 0.15) is 0 Å². The number of aromatic nitrogens is 1. The van der Waals surface area contributed by atoms with Crippen LogP contribution in [0.25, 0.3) is 0 Å². The van der Waals surface area contributed by atoms with E-state index in [9.17, 15) is 5.11 Å². The Labute approximate surface area is 146 Å². The molecule has 1 saturated heterocycles. The standard InChI is InChI=1S/C20H20N2O3/c23-20-15(21-4-1-2-5-21)7-12-3-6-22-10-13-8-16-17(25-11-24-16)9-14(13)18(20)19(12)22/h1-2,4-5,7-9,15,18-20,23H,3,6,10-11H2/t15-,18-,19+,20+/m0/s1. The first kappa shape index (κ1) is 14.0. The van der Waals surface area contributed by atoms with Crippen molar-refractivity contribution in [1.29, 1.82) is 0 Å². The predicted molar refractivity (Wildman–Crippen MR) is 91.7 cm³/mol. The second kappa shape index (κ2) is 4.90. The molecule has 1 aromatic carbocycles. The molecular weight excluding hydrogens is 316 g/mol. The van der Waals surface area contributed by atoms with E-state index < -0.39 is 6.10 Å². The second-order valence-electron chi connectivity index (χ2n) is 7.45. The fraction of sp³-hybridized carbons (Fsp3) is 0.400. The molecule has 0 amide bonds. The lowest BCUT2D eigenvalue weighted by atomic mass is 9.72. The minimum atomic E-state index is -0.457. The molecule has 1 fully saturated rings. The number of aliphatic hydroxyl groups is 1. The molecule has 5 heteroatoms. The Balaban J connectivity index is 1.52. The number of fused-ring (bicyclic) bond motifs is 3. The maximum Gasteiger partial charge on any atom is 0.231 e. The van der Waals surface area contributed by atoms with Gasteiger partial charge in [0.25, 0.3) is 0 Å². The van der Waals surface area contributed by atoms with Gasteiger partial charge in [0.05, 0.1) is 12.1 Å². The lowest BCUT2D eigenvalue weighted by Gasteiger charge is -2.45. The Bertz CT molecular complexity index is 873. The molecule has 0 saturated carbocycles. The van der Waals surface area contributed by atoms with Gasteiger partial charge in [-0.25, -0.2) is 0 Å². The number of rotatable bonds is 1. The maximum atomic E-state index is 11.3. The Morgan fingerprint density at radius 2 is 1.88 bits per heavy atom. The highest BCUT2D eigenvalue weighted by molar-refractivity contribution is 5.53. The van der Waals surface area contributed by atoms with Crippen LogP contribution in [-0.4, -0.2) is 40.1 Å².